The van der Waals surface area contributed by atoms with E-state index in [9.17, 15) is 8.42 Å². The highest BCUT2D eigenvalue weighted by atomic mass is 32.2. The highest BCUT2D eigenvalue weighted by Gasteiger charge is 2.07. The van der Waals surface area contributed by atoms with Crippen LogP contribution in [0, 0.1) is 0 Å². The summed E-state index contributed by atoms with van der Waals surface area (Å²) in [6, 6.07) is 7.34. The van der Waals surface area contributed by atoms with Crippen LogP contribution in [-0.4, -0.2) is 21.2 Å². The molecule has 16 heavy (non-hydrogen) atoms. The zero-order valence-electron chi connectivity index (χ0n) is 9.60. The van der Waals surface area contributed by atoms with E-state index in [0.29, 0.717) is 18.2 Å². The van der Waals surface area contributed by atoms with Gasteiger partial charge in [0.2, 0.25) is 10.0 Å². The maximum atomic E-state index is 11.0. The fourth-order valence-electron chi connectivity index (χ4n) is 1.58. The van der Waals surface area contributed by atoms with Crippen molar-refractivity contribution in [1.29, 1.82) is 0 Å². The lowest BCUT2D eigenvalue weighted by atomic mass is 9.97. The standard InChI is InChI=1S/C11H18N2O2S/c1-3-9(8-12)10-4-6-11(7-5-10)13-16(2,14)15/h4-7,9,13H,3,8,12H2,1-2H3. The Labute approximate surface area is 96.9 Å². The molecule has 0 fully saturated rings. The van der Waals surface area contributed by atoms with Crippen molar-refractivity contribution < 1.29 is 8.42 Å². The molecule has 0 spiro atoms. The summed E-state index contributed by atoms with van der Waals surface area (Å²) in [5.74, 6) is 0.340. The van der Waals surface area contributed by atoms with Gasteiger partial charge in [-0.3, -0.25) is 4.72 Å². The minimum Gasteiger partial charge on any atom is -0.330 e. The van der Waals surface area contributed by atoms with Crippen LogP contribution >= 0.6 is 0 Å². The molecule has 0 aliphatic rings. The summed E-state index contributed by atoms with van der Waals surface area (Å²) in [5.41, 5.74) is 7.37. The van der Waals surface area contributed by atoms with Crippen LogP contribution in [0.4, 0.5) is 5.69 Å². The molecular formula is C11H18N2O2S. The molecule has 90 valence electrons. The van der Waals surface area contributed by atoms with Crippen LogP contribution in [0.15, 0.2) is 24.3 Å². The van der Waals surface area contributed by atoms with Gasteiger partial charge in [0.1, 0.15) is 0 Å². The van der Waals surface area contributed by atoms with Crippen molar-refractivity contribution in [3.8, 4) is 0 Å². The van der Waals surface area contributed by atoms with Crippen molar-refractivity contribution in [3.05, 3.63) is 29.8 Å². The number of benzene rings is 1. The second-order valence-corrected chi connectivity index (χ2v) is 5.59. The molecule has 0 saturated heterocycles. The van der Waals surface area contributed by atoms with Gasteiger partial charge in [-0.25, -0.2) is 8.42 Å². The van der Waals surface area contributed by atoms with E-state index in [-0.39, 0.29) is 0 Å². The van der Waals surface area contributed by atoms with E-state index < -0.39 is 10.0 Å². The normalized spacial score (nSPS) is 13.4. The smallest absolute Gasteiger partial charge is 0.229 e. The third-order valence-corrected chi connectivity index (χ3v) is 3.07. The zero-order chi connectivity index (χ0) is 12.2. The Balaban J connectivity index is 2.82. The first-order valence-corrected chi connectivity index (χ1v) is 7.13. The number of nitrogens with one attached hydrogen (secondary N) is 1. The molecule has 1 aromatic carbocycles. The van der Waals surface area contributed by atoms with Gasteiger partial charge in [0, 0.05) is 5.69 Å². The van der Waals surface area contributed by atoms with E-state index in [2.05, 4.69) is 11.6 Å². The van der Waals surface area contributed by atoms with E-state index in [1.807, 2.05) is 12.1 Å². The van der Waals surface area contributed by atoms with Gasteiger partial charge in [-0.15, -0.1) is 0 Å². The van der Waals surface area contributed by atoms with Gasteiger partial charge in [-0.2, -0.15) is 0 Å². The van der Waals surface area contributed by atoms with Gasteiger partial charge in [0.05, 0.1) is 6.26 Å². The first-order valence-electron chi connectivity index (χ1n) is 5.24. The third kappa shape index (κ3) is 3.83. The van der Waals surface area contributed by atoms with Crippen LogP contribution in [0.2, 0.25) is 0 Å². The Bertz CT molecular complexity index is 422. The molecule has 0 bridgehead atoms. The first-order chi connectivity index (χ1) is 7.46. The molecule has 0 aliphatic heterocycles. The quantitative estimate of drug-likeness (QED) is 0.822. The Morgan fingerprint density at radius 3 is 2.25 bits per heavy atom. The fraction of sp³-hybridized carbons (Fsp3) is 0.455. The second kappa shape index (κ2) is 5.32. The minimum absolute atomic E-state index is 0.340. The SMILES string of the molecule is CCC(CN)c1ccc(NS(C)(=O)=O)cc1. The summed E-state index contributed by atoms with van der Waals surface area (Å²) >= 11 is 0. The van der Waals surface area contributed by atoms with Gasteiger partial charge < -0.3 is 5.73 Å². The lowest BCUT2D eigenvalue weighted by Gasteiger charge is -2.13. The minimum atomic E-state index is -3.20. The maximum absolute atomic E-state index is 11.0. The number of nitrogens with two attached hydrogens (primary N) is 1. The van der Waals surface area contributed by atoms with Crippen LogP contribution in [0.3, 0.4) is 0 Å². The molecule has 3 N–H and O–H groups in total. The third-order valence-electron chi connectivity index (χ3n) is 2.46. The Kier molecular flexibility index (Phi) is 4.32. The van der Waals surface area contributed by atoms with Gasteiger partial charge in [-0.1, -0.05) is 19.1 Å². The molecule has 1 aromatic rings. The van der Waals surface area contributed by atoms with Crippen molar-refractivity contribution >= 4 is 15.7 Å². The largest absolute Gasteiger partial charge is 0.330 e. The number of hydrogen-bond acceptors (Lipinski definition) is 3. The molecule has 1 atom stereocenters. The first kappa shape index (κ1) is 13.0. The summed E-state index contributed by atoms with van der Waals surface area (Å²) in [6.07, 6.45) is 2.12. The van der Waals surface area contributed by atoms with Crippen LogP contribution < -0.4 is 10.5 Å². The average Bonchev–Trinajstić information content (AvgIpc) is 2.20. The lowest BCUT2D eigenvalue weighted by Crippen LogP contribution is -2.12. The van der Waals surface area contributed by atoms with Crippen molar-refractivity contribution in [1.82, 2.24) is 0 Å². The molecule has 1 rings (SSSR count). The molecule has 0 aliphatic carbocycles. The van der Waals surface area contributed by atoms with E-state index in [1.165, 1.54) is 0 Å². The van der Waals surface area contributed by atoms with Crippen molar-refractivity contribution in [2.24, 2.45) is 5.73 Å². The zero-order valence-corrected chi connectivity index (χ0v) is 10.4. The predicted molar refractivity (Wildman–Crippen MR) is 67.0 cm³/mol. The van der Waals surface area contributed by atoms with Crippen molar-refractivity contribution in [2.75, 3.05) is 17.5 Å². The van der Waals surface area contributed by atoms with Crippen LogP contribution in [0.25, 0.3) is 0 Å². The maximum Gasteiger partial charge on any atom is 0.229 e. The Morgan fingerprint density at radius 1 is 1.31 bits per heavy atom. The number of rotatable bonds is 5. The van der Waals surface area contributed by atoms with E-state index >= 15 is 0 Å². The monoisotopic (exact) mass is 242 g/mol. The van der Waals surface area contributed by atoms with Gasteiger partial charge >= 0.3 is 0 Å². The van der Waals surface area contributed by atoms with Crippen molar-refractivity contribution in [3.63, 3.8) is 0 Å². The molecule has 0 radical (unpaired) electrons. The summed E-state index contributed by atoms with van der Waals surface area (Å²) in [6.45, 7) is 2.69. The summed E-state index contributed by atoms with van der Waals surface area (Å²) < 4.78 is 24.4. The molecule has 0 heterocycles. The number of anilines is 1. The highest BCUT2D eigenvalue weighted by Crippen LogP contribution is 2.20. The lowest BCUT2D eigenvalue weighted by molar-refractivity contribution is 0.607. The molecule has 4 nitrogen and oxygen atoms in total. The summed E-state index contributed by atoms with van der Waals surface area (Å²) in [7, 11) is -3.20. The van der Waals surface area contributed by atoms with E-state index in [4.69, 9.17) is 5.73 Å². The summed E-state index contributed by atoms with van der Waals surface area (Å²) in [5, 5.41) is 0. The van der Waals surface area contributed by atoms with Crippen LogP contribution in [-0.2, 0) is 10.0 Å². The van der Waals surface area contributed by atoms with Gasteiger partial charge in [0.15, 0.2) is 0 Å². The summed E-state index contributed by atoms with van der Waals surface area (Å²) in [4.78, 5) is 0. The van der Waals surface area contributed by atoms with Crippen LogP contribution in [0.1, 0.15) is 24.8 Å². The van der Waals surface area contributed by atoms with Gasteiger partial charge in [0.25, 0.3) is 0 Å². The molecule has 0 saturated carbocycles. The van der Waals surface area contributed by atoms with E-state index in [0.717, 1.165) is 18.2 Å². The predicted octanol–water partition coefficient (Wildman–Crippen LogP) is 1.51. The Morgan fingerprint density at radius 2 is 1.88 bits per heavy atom. The topological polar surface area (TPSA) is 72.2 Å². The number of sulfonamides is 1. The van der Waals surface area contributed by atoms with Gasteiger partial charge in [-0.05, 0) is 36.6 Å². The molecule has 0 aromatic heterocycles. The van der Waals surface area contributed by atoms with E-state index in [1.54, 1.807) is 12.1 Å². The Hall–Kier alpha value is -1.07. The fourth-order valence-corrected chi connectivity index (χ4v) is 2.14. The molecular weight excluding hydrogens is 224 g/mol. The molecule has 5 heteroatoms. The highest BCUT2D eigenvalue weighted by molar-refractivity contribution is 7.92. The number of hydrogen-bond donors (Lipinski definition) is 2. The second-order valence-electron chi connectivity index (χ2n) is 3.84. The van der Waals surface area contributed by atoms with Crippen molar-refractivity contribution in [2.45, 2.75) is 19.3 Å². The molecule has 1 unspecified atom stereocenters. The van der Waals surface area contributed by atoms with Crippen LogP contribution in [0.5, 0.6) is 0 Å². The average molecular weight is 242 g/mol. The molecule has 0 amide bonds.